The molecule has 1 aromatic rings. The van der Waals surface area contributed by atoms with Crippen molar-refractivity contribution >= 4 is 18.4 Å². The third-order valence-corrected chi connectivity index (χ3v) is 4.64. The molecule has 0 saturated carbocycles. The van der Waals surface area contributed by atoms with Crippen LogP contribution in [0.15, 0.2) is 30.3 Å². The molecule has 0 aliphatic carbocycles. The molecule has 1 aliphatic heterocycles. The van der Waals surface area contributed by atoms with E-state index < -0.39 is 0 Å². The average Bonchev–Trinajstić information content (AvgIpc) is 2.61. The van der Waals surface area contributed by atoms with Crippen LogP contribution < -0.4 is 0 Å². The Morgan fingerprint density at radius 3 is 2.33 bits per heavy atom. The zero-order chi connectivity index (χ0) is 16.5. The van der Waals surface area contributed by atoms with Crippen LogP contribution in [0.2, 0.25) is 0 Å². The number of likely N-dealkylation sites (tertiary alicyclic amines) is 1. The second kappa shape index (κ2) is 11.5. The van der Waals surface area contributed by atoms with Gasteiger partial charge in [-0.15, -0.1) is 12.4 Å². The second-order valence-electron chi connectivity index (χ2n) is 6.10. The van der Waals surface area contributed by atoms with Gasteiger partial charge in [-0.25, -0.2) is 4.79 Å². The van der Waals surface area contributed by atoms with Crippen LogP contribution in [0, 0.1) is 0 Å². The van der Waals surface area contributed by atoms with E-state index in [1.165, 1.54) is 6.42 Å². The molecule has 0 N–H and O–H groups in total. The number of benzene rings is 1. The van der Waals surface area contributed by atoms with Crippen molar-refractivity contribution in [2.75, 3.05) is 39.3 Å². The van der Waals surface area contributed by atoms with Gasteiger partial charge in [0, 0.05) is 6.54 Å². The standard InChI is InChI=1S/C19H30N2O2.ClH/c1-3-20(4-2)15-16-23-19(22)18(17-11-7-5-8-12-17)21-13-9-6-10-14-21;/h5,7-8,11-12,18H,3-4,6,9-10,13-16H2,1-2H3;1H/t18-;/m1./s1. The van der Waals surface area contributed by atoms with Gasteiger partial charge in [0.25, 0.3) is 0 Å². The van der Waals surface area contributed by atoms with E-state index in [4.69, 9.17) is 4.74 Å². The van der Waals surface area contributed by atoms with E-state index in [1.807, 2.05) is 30.3 Å². The Hall–Kier alpha value is -1.10. The van der Waals surface area contributed by atoms with Gasteiger partial charge in [-0.3, -0.25) is 4.90 Å². The molecular weight excluding hydrogens is 324 g/mol. The number of rotatable bonds is 8. The van der Waals surface area contributed by atoms with Gasteiger partial charge in [0.1, 0.15) is 12.6 Å². The Balaban J connectivity index is 0.00000288. The molecule has 0 amide bonds. The summed E-state index contributed by atoms with van der Waals surface area (Å²) in [6, 6.07) is 9.79. The summed E-state index contributed by atoms with van der Waals surface area (Å²) in [5, 5.41) is 0. The monoisotopic (exact) mass is 354 g/mol. The van der Waals surface area contributed by atoms with Crippen molar-refractivity contribution in [1.82, 2.24) is 9.80 Å². The van der Waals surface area contributed by atoms with E-state index in [0.29, 0.717) is 6.61 Å². The molecule has 2 rings (SSSR count). The molecule has 5 heteroatoms. The molecule has 136 valence electrons. The molecule has 1 aromatic carbocycles. The third-order valence-electron chi connectivity index (χ3n) is 4.64. The molecule has 0 spiro atoms. The van der Waals surface area contributed by atoms with Crippen LogP contribution in [0.5, 0.6) is 0 Å². The largest absolute Gasteiger partial charge is 0.463 e. The van der Waals surface area contributed by atoms with Crippen molar-refractivity contribution in [2.45, 2.75) is 39.2 Å². The normalized spacial score (nSPS) is 16.5. The fourth-order valence-electron chi connectivity index (χ4n) is 3.20. The first-order valence-electron chi connectivity index (χ1n) is 8.94. The number of piperidine rings is 1. The maximum Gasteiger partial charge on any atom is 0.328 e. The number of likely N-dealkylation sites (N-methyl/N-ethyl adjacent to an activating group) is 1. The molecule has 0 radical (unpaired) electrons. The Morgan fingerprint density at radius 1 is 1.12 bits per heavy atom. The number of halogens is 1. The van der Waals surface area contributed by atoms with E-state index in [2.05, 4.69) is 23.6 Å². The van der Waals surface area contributed by atoms with Crippen LogP contribution in [0.3, 0.4) is 0 Å². The molecule has 0 bridgehead atoms. The first kappa shape index (κ1) is 20.9. The van der Waals surface area contributed by atoms with Crippen LogP contribution >= 0.6 is 12.4 Å². The minimum Gasteiger partial charge on any atom is -0.463 e. The Morgan fingerprint density at radius 2 is 1.75 bits per heavy atom. The summed E-state index contributed by atoms with van der Waals surface area (Å²) < 4.78 is 5.62. The van der Waals surface area contributed by atoms with Gasteiger partial charge in [-0.1, -0.05) is 50.6 Å². The smallest absolute Gasteiger partial charge is 0.328 e. The molecule has 0 aromatic heterocycles. The topological polar surface area (TPSA) is 32.8 Å². The average molecular weight is 355 g/mol. The van der Waals surface area contributed by atoms with Crippen LogP contribution in [-0.4, -0.2) is 55.1 Å². The zero-order valence-corrected chi connectivity index (χ0v) is 15.8. The lowest BCUT2D eigenvalue weighted by Gasteiger charge is -2.33. The van der Waals surface area contributed by atoms with Crippen molar-refractivity contribution in [3.8, 4) is 0 Å². The van der Waals surface area contributed by atoms with Gasteiger partial charge in [0.15, 0.2) is 0 Å². The zero-order valence-electron chi connectivity index (χ0n) is 14.9. The van der Waals surface area contributed by atoms with E-state index in [0.717, 1.165) is 51.1 Å². The SMILES string of the molecule is CCN(CC)CCOC(=O)[C@@H](c1ccccc1)N1CCCCC1.Cl. The summed E-state index contributed by atoms with van der Waals surface area (Å²) in [5.41, 5.74) is 1.04. The van der Waals surface area contributed by atoms with Crippen molar-refractivity contribution in [2.24, 2.45) is 0 Å². The number of carbonyl (C=O) groups is 1. The van der Waals surface area contributed by atoms with E-state index >= 15 is 0 Å². The number of ether oxygens (including phenoxy) is 1. The lowest BCUT2D eigenvalue weighted by molar-refractivity contribution is -0.151. The highest BCUT2D eigenvalue weighted by atomic mass is 35.5. The molecule has 24 heavy (non-hydrogen) atoms. The van der Waals surface area contributed by atoms with Gasteiger partial charge >= 0.3 is 5.97 Å². The predicted molar refractivity (Wildman–Crippen MR) is 101 cm³/mol. The molecule has 4 nitrogen and oxygen atoms in total. The summed E-state index contributed by atoms with van der Waals surface area (Å²) in [7, 11) is 0. The summed E-state index contributed by atoms with van der Waals surface area (Å²) in [6.07, 6.45) is 3.58. The van der Waals surface area contributed by atoms with Gasteiger partial charge < -0.3 is 9.64 Å². The first-order valence-corrected chi connectivity index (χ1v) is 8.94. The molecule has 1 saturated heterocycles. The summed E-state index contributed by atoms with van der Waals surface area (Å²) >= 11 is 0. The third kappa shape index (κ3) is 6.08. The number of nitrogens with zero attached hydrogens (tertiary/aromatic N) is 2. The Labute approximate surface area is 152 Å². The molecule has 1 heterocycles. The highest BCUT2D eigenvalue weighted by molar-refractivity contribution is 5.85. The van der Waals surface area contributed by atoms with Crippen LogP contribution in [0.1, 0.15) is 44.7 Å². The van der Waals surface area contributed by atoms with Crippen molar-refractivity contribution in [3.63, 3.8) is 0 Å². The summed E-state index contributed by atoms with van der Waals surface area (Å²) in [4.78, 5) is 17.3. The first-order chi connectivity index (χ1) is 11.3. The fraction of sp³-hybridized carbons (Fsp3) is 0.632. The minimum absolute atomic E-state index is 0. The van der Waals surface area contributed by atoms with Gasteiger partial charge in [0.05, 0.1) is 0 Å². The molecule has 1 aliphatic rings. The van der Waals surface area contributed by atoms with Crippen molar-refractivity contribution < 1.29 is 9.53 Å². The molecule has 1 atom stereocenters. The van der Waals surface area contributed by atoms with E-state index in [-0.39, 0.29) is 24.4 Å². The fourth-order valence-corrected chi connectivity index (χ4v) is 3.20. The molecule has 0 unspecified atom stereocenters. The van der Waals surface area contributed by atoms with Crippen LogP contribution in [0.4, 0.5) is 0 Å². The number of esters is 1. The quantitative estimate of drug-likeness (QED) is 0.669. The van der Waals surface area contributed by atoms with Gasteiger partial charge in [-0.2, -0.15) is 0 Å². The van der Waals surface area contributed by atoms with Crippen LogP contribution in [-0.2, 0) is 9.53 Å². The molecular formula is C19H31ClN2O2. The van der Waals surface area contributed by atoms with E-state index in [9.17, 15) is 4.79 Å². The second-order valence-corrected chi connectivity index (χ2v) is 6.10. The summed E-state index contributed by atoms with van der Waals surface area (Å²) in [5.74, 6) is -0.106. The number of carbonyl (C=O) groups excluding carboxylic acids is 1. The van der Waals surface area contributed by atoms with Crippen molar-refractivity contribution in [3.05, 3.63) is 35.9 Å². The molecule has 1 fully saturated rings. The highest BCUT2D eigenvalue weighted by Crippen LogP contribution is 2.25. The Kier molecular flexibility index (Phi) is 9.99. The minimum atomic E-state index is -0.256. The van der Waals surface area contributed by atoms with Crippen molar-refractivity contribution in [1.29, 1.82) is 0 Å². The maximum atomic E-state index is 12.7. The van der Waals surface area contributed by atoms with E-state index in [1.54, 1.807) is 0 Å². The Bertz CT molecular complexity index is 460. The number of hydrogen-bond donors (Lipinski definition) is 0. The lowest BCUT2D eigenvalue weighted by atomic mass is 10.0. The van der Waals surface area contributed by atoms with Gasteiger partial charge in [-0.05, 0) is 44.6 Å². The predicted octanol–water partition coefficient (Wildman–Crippen LogP) is 3.52. The summed E-state index contributed by atoms with van der Waals surface area (Å²) in [6.45, 7) is 9.47. The maximum absolute atomic E-state index is 12.7. The van der Waals surface area contributed by atoms with Gasteiger partial charge in [0.2, 0.25) is 0 Å². The van der Waals surface area contributed by atoms with Crippen LogP contribution in [0.25, 0.3) is 0 Å². The number of hydrogen-bond acceptors (Lipinski definition) is 4. The lowest BCUT2D eigenvalue weighted by Crippen LogP contribution is -2.39. The highest BCUT2D eigenvalue weighted by Gasteiger charge is 2.29.